The molecule has 1 aromatic rings. The third-order valence-corrected chi connectivity index (χ3v) is 4.06. The first kappa shape index (κ1) is 19.6. The molecule has 0 aliphatic carbocycles. The van der Waals surface area contributed by atoms with E-state index in [0.717, 1.165) is 23.7 Å². The van der Waals surface area contributed by atoms with Gasteiger partial charge in [0.1, 0.15) is 0 Å². The van der Waals surface area contributed by atoms with Crippen LogP contribution in [0.4, 0.5) is 5.69 Å². The van der Waals surface area contributed by atoms with Crippen LogP contribution in [-0.4, -0.2) is 35.6 Å². The van der Waals surface area contributed by atoms with Crippen LogP contribution in [0, 0.1) is 11.8 Å². The molecule has 0 unspecified atom stereocenters. The minimum atomic E-state index is -0.0846. The molecule has 0 aliphatic heterocycles. The lowest BCUT2D eigenvalue weighted by Crippen LogP contribution is -2.38. The zero-order valence-corrected chi connectivity index (χ0v) is 15.6. The lowest BCUT2D eigenvalue weighted by Gasteiger charge is -2.26. The second-order valence-electron chi connectivity index (χ2n) is 6.58. The van der Waals surface area contributed by atoms with Gasteiger partial charge >= 0.3 is 0 Å². The van der Waals surface area contributed by atoms with Crippen LogP contribution in [0.1, 0.15) is 34.6 Å². The van der Waals surface area contributed by atoms with Gasteiger partial charge in [-0.3, -0.25) is 9.59 Å². The summed E-state index contributed by atoms with van der Waals surface area (Å²) in [7, 11) is 0. The predicted octanol–water partition coefficient (Wildman–Crippen LogP) is 3.88. The molecule has 0 saturated carbocycles. The van der Waals surface area contributed by atoms with E-state index in [1.807, 2.05) is 29.2 Å². The second-order valence-corrected chi connectivity index (χ2v) is 7.63. The van der Waals surface area contributed by atoms with Gasteiger partial charge in [-0.1, -0.05) is 27.7 Å². The molecule has 0 saturated heterocycles. The Balaban J connectivity index is 2.56. The number of anilines is 1. The zero-order valence-electron chi connectivity index (χ0n) is 14.8. The third kappa shape index (κ3) is 8.07. The van der Waals surface area contributed by atoms with Crippen LogP contribution < -0.4 is 5.32 Å². The molecule has 0 spiro atoms. The van der Waals surface area contributed by atoms with Crippen molar-refractivity contribution in [2.75, 3.05) is 24.2 Å². The average Bonchev–Trinajstić information content (AvgIpc) is 2.44. The molecule has 0 bridgehead atoms. The fourth-order valence-electron chi connectivity index (χ4n) is 2.23. The van der Waals surface area contributed by atoms with Crippen molar-refractivity contribution < 1.29 is 9.59 Å². The minimum Gasteiger partial charge on any atom is -0.341 e. The molecule has 0 aliphatic rings. The van der Waals surface area contributed by atoms with Crippen LogP contribution >= 0.6 is 11.8 Å². The molecule has 1 rings (SSSR count). The van der Waals surface area contributed by atoms with Gasteiger partial charge in [-0.05, 0) is 36.1 Å². The summed E-state index contributed by atoms with van der Waals surface area (Å²) in [6.07, 6.45) is 0. The van der Waals surface area contributed by atoms with Gasteiger partial charge in [0.2, 0.25) is 11.8 Å². The lowest BCUT2D eigenvalue weighted by atomic mass is 10.1. The second kappa shape index (κ2) is 9.60. The Morgan fingerprint density at radius 1 is 1.04 bits per heavy atom. The first-order chi connectivity index (χ1) is 10.8. The number of benzene rings is 1. The average molecular weight is 337 g/mol. The lowest BCUT2D eigenvalue weighted by molar-refractivity contribution is -0.129. The summed E-state index contributed by atoms with van der Waals surface area (Å²) in [5.41, 5.74) is 0.773. The molecular weight excluding hydrogens is 308 g/mol. The number of carbonyl (C=O) groups excluding carboxylic acids is 2. The number of rotatable bonds is 8. The van der Waals surface area contributed by atoms with E-state index in [-0.39, 0.29) is 11.8 Å². The van der Waals surface area contributed by atoms with E-state index in [2.05, 4.69) is 33.0 Å². The van der Waals surface area contributed by atoms with Crippen molar-refractivity contribution in [3.05, 3.63) is 24.3 Å². The highest BCUT2D eigenvalue weighted by atomic mass is 32.2. The molecule has 23 heavy (non-hydrogen) atoms. The summed E-state index contributed by atoms with van der Waals surface area (Å²) in [6.45, 7) is 11.6. The highest BCUT2D eigenvalue weighted by molar-refractivity contribution is 8.00. The standard InChI is InChI=1S/C18H28N2O2S/c1-13(2)10-20(11-14(3)4)18(22)12-23-17-8-6-16(7-9-17)19-15(5)21/h6-9,13-14H,10-12H2,1-5H3,(H,19,21). The summed E-state index contributed by atoms with van der Waals surface area (Å²) < 4.78 is 0. The van der Waals surface area contributed by atoms with Gasteiger partial charge < -0.3 is 10.2 Å². The fourth-order valence-corrected chi connectivity index (χ4v) is 3.04. The largest absolute Gasteiger partial charge is 0.341 e. The number of hydrogen-bond donors (Lipinski definition) is 1. The maximum atomic E-state index is 12.4. The topological polar surface area (TPSA) is 49.4 Å². The van der Waals surface area contributed by atoms with Gasteiger partial charge in [0.15, 0.2) is 0 Å². The SMILES string of the molecule is CC(=O)Nc1ccc(SCC(=O)N(CC(C)C)CC(C)C)cc1. The number of nitrogens with zero attached hydrogens (tertiary/aromatic N) is 1. The summed E-state index contributed by atoms with van der Waals surface area (Å²) in [5, 5.41) is 2.73. The Morgan fingerprint density at radius 2 is 1.57 bits per heavy atom. The minimum absolute atomic E-state index is 0.0846. The van der Waals surface area contributed by atoms with E-state index in [1.165, 1.54) is 18.7 Å². The van der Waals surface area contributed by atoms with Gasteiger partial charge in [0.25, 0.3) is 0 Å². The highest BCUT2D eigenvalue weighted by Crippen LogP contribution is 2.21. The number of nitrogens with one attached hydrogen (secondary N) is 1. The Labute approximate surface area is 144 Å². The van der Waals surface area contributed by atoms with Crippen molar-refractivity contribution in [1.29, 1.82) is 0 Å². The van der Waals surface area contributed by atoms with Crippen LogP contribution in [0.3, 0.4) is 0 Å². The van der Waals surface area contributed by atoms with Gasteiger partial charge in [0.05, 0.1) is 5.75 Å². The van der Waals surface area contributed by atoms with Crippen LogP contribution in [0.2, 0.25) is 0 Å². The van der Waals surface area contributed by atoms with Crippen LogP contribution in [0.5, 0.6) is 0 Å². The molecule has 0 atom stereocenters. The van der Waals surface area contributed by atoms with Crippen molar-refractivity contribution in [2.45, 2.75) is 39.5 Å². The Morgan fingerprint density at radius 3 is 2.00 bits per heavy atom. The Hall–Kier alpha value is -1.49. The van der Waals surface area contributed by atoms with Crippen molar-refractivity contribution in [2.24, 2.45) is 11.8 Å². The smallest absolute Gasteiger partial charge is 0.232 e. The number of thioether (sulfide) groups is 1. The van der Waals surface area contributed by atoms with Crippen molar-refractivity contribution in [3.63, 3.8) is 0 Å². The molecule has 0 aromatic heterocycles. The fraction of sp³-hybridized carbons (Fsp3) is 0.556. The van der Waals surface area contributed by atoms with E-state index >= 15 is 0 Å². The summed E-state index contributed by atoms with van der Waals surface area (Å²) >= 11 is 1.53. The van der Waals surface area contributed by atoms with E-state index in [0.29, 0.717) is 17.6 Å². The van der Waals surface area contributed by atoms with Crippen molar-refractivity contribution >= 4 is 29.3 Å². The maximum absolute atomic E-state index is 12.4. The quantitative estimate of drug-likeness (QED) is 0.733. The maximum Gasteiger partial charge on any atom is 0.232 e. The molecule has 0 heterocycles. The van der Waals surface area contributed by atoms with Crippen LogP contribution in [-0.2, 0) is 9.59 Å². The normalized spacial score (nSPS) is 10.9. The number of amides is 2. The molecule has 0 radical (unpaired) electrons. The predicted molar refractivity (Wildman–Crippen MR) is 97.7 cm³/mol. The highest BCUT2D eigenvalue weighted by Gasteiger charge is 2.16. The number of carbonyl (C=O) groups is 2. The first-order valence-electron chi connectivity index (χ1n) is 8.06. The molecular formula is C18H28N2O2S. The molecule has 1 aromatic carbocycles. The Kier molecular flexibility index (Phi) is 8.17. The Bertz CT molecular complexity index is 502. The van der Waals surface area contributed by atoms with Gasteiger partial charge in [-0.25, -0.2) is 0 Å². The molecule has 0 fully saturated rings. The van der Waals surface area contributed by atoms with Crippen molar-refractivity contribution in [1.82, 2.24) is 4.90 Å². The number of hydrogen-bond acceptors (Lipinski definition) is 3. The van der Waals surface area contributed by atoms with Gasteiger partial charge in [-0.15, -0.1) is 11.8 Å². The molecule has 2 amide bonds. The molecule has 5 heteroatoms. The molecule has 1 N–H and O–H groups in total. The van der Waals surface area contributed by atoms with E-state index in [1.54, 1.807) is 0 Å². The summed E-state index contributed by atoms with van der Waals surface area (Å²) in [4.78, 5) is 26.4. The van der Waals surface area contributed by atoms with E-state index in [9.17, 15) is 9.59 Å². The zero-order chi connectivity index (χ0) is 17.4. The van der Waals surface area contributed by atoms with Crippen molar-refractivity contribution in [3.8, 4) is 0 Å². The van der Waals surface area contributed by atoms with Crippen LogP contribution in [0.25, 0.3) is 0 Å². The molecule has 4 nitrogen and oxygen atoms in total. The third-order valence-electron chi connectivity index (χ3n) is 3.06. The van der Waals surface area contributed by atoms with Crippen LogP contribution in [0.15, 0.2) is 29.2 Å². The first-order valence-corrected chi connectivity index (χ1v) is 9.04. The summed E-state index contributed by atoms with van der Waals surface area (Å²) in [6, 6.07) is 7.57. The monoisotopic (exact) mass is 336 g/mol. The van der Waals surface area contributed by atoms with Gasteiger partial charge in [-0.2, -0.15) is 0 Å². The van der Waals surface area contributed by atoms with Gasteiger partial charge in [0, 0.05) is 30.6 Å². The summed E-state index contributed by atoms with van der Waals surface area (Å²) in [5.74, 6) is 1.49. The molecule has 128 valence electrons. The van der Waals surface area contributed by atoms with E-state index < -0.39 is 0 Å². The van der Waals surface area contributed by atoms with E-state index in [4.69, 9.17) is 0 Å².